The van der Waals surface area contributed by atoms with Crippen LogP contribution in [0.5, 0.6) is 0 Å². The highest BCUT2D eigenvalue weighted by Crippen LogP contribution is 2.21. The largest absolute Gasteiger partial charge is 0.326 e. The fourth-order valence-electron chi connectivity index (χ4n) is 1.82. The van der Waals surface area contributed by atoms with Gasteiger partial charge in [0, 0.05) is 6.54 Å². The van der Waals surface area contributed by atoms with E-state index in [-0.39, 0.29) is 0 Å². The number of nitrogens with two attached hydrogens (primary N) is 1. The summed E-state index contributed by atoms with van der Waals surface area (Å²) in [6.07, 6.45) is 10.4. The van der Waals surface area contributed by atoms with Gasteiger partial charge in [0.05, 0.1) is 0 Å². The number of benzene rings is 1. The molecule has 1 aromatic rings. The molecule has 1 nitrogen and oxygen atoms in total. The Morgan fingerprint density at radius 3 is 2.60 bits per heavy atom. The average molecular weight is 199 g/mol. The Labute approximate surface area is 91.3 Å². The van der Waals surface area contributed by atoms with Crippen molar-refractivity contribution in [3.8, 4) is 0 Å². The van der Waals surface area contributed by atoms with Crippen molar-refractivity contribution in [2.24, 2.45) is 5.73 Å². The molecule has 0 unspecified atom stereocenters. The van der Waals surface area contributed by atoms with Crippen LogP contribution in [0.2, 0.25) is 0 Å². The molecule has 1 heteroatoms. The monoisotopic (exact) mass is 199 g/mol. The van der Waals surface area contributed by atoms with Gasteiger partial charge in [-0.15, -0.1) is 0 Å². The maximum atomic E-state index is 5.57. The van der Waals surface area contributed by atoms with Crippen LogP contribution in [-0.4, -0.2) is 0 Å². The molecule has 78 valence electrons. The third-order valence-electron chi connectivity index (χ3n) is 2.76. The van der Waals surface area contributed by atoms with Crippen LogP contribution >= 0.6 is 0 Å². The van der Waals surface area contributed by atoms with Crippen LogP contribution in [0.3, 0.4) is 0 Å². The number of hydrogen-bond acceptors (Lipinski definition) is 1. The molecule has 0 aromatic heterocycles. The van der Waals surface area contributed by atoms with Crippen LogP contribution in [0, 0.1) is 0 Å². The van der Waals surface area contributed by atoms with E-state index in [1.807, 2.05) is 0 Å². The molecule has 1 aromatic carbocycles. The minimum atomic E-state index is 0.620. The minimum absolute atomic E-state index is 0.620. The Morgan fingerprint density at radius 1 is 1.07 bits per heavy atom. The molecule has 0 heterocycles. The Kier molecular flexibility index (Phi) is 3.36. The fraction of sp³-hybridized carbons (Fsp3) is 0.286. The second-order valence-corrected chi connectivity index (χ2v) is 3.89. The van der Waals surface area contributed by atoms with Gasteiger partial charge in [-0.3, -0.25) is 0 Å². The molecule has 2 N–H and O–H groups in total. The highest BCUT2D eigenvalue weighted by molar-refractivity contribution is 5.74. The molecule has 0 saturated carbocycles. The smallest absolute Gasteiger partial charge is 0.0178 e. The first kappa shape index (κ1) is 10.2. The standard InChI is InChI=1S/C14H17N/c15-11-12-7-9-14(10-8-12)13-5-3-1-2-4-6-13/h3,5-10H,1-2,4,11,15H2. The topological polar surface area (TPSA) is 26.0 Å². The third kappa shape index (κ3) is 2.57. The van der Waals surface area contributed by atoms with E-state index in [1.165, 1.54) is 36.0 Å². The van der Waals surface area contributed by atoms with Crippen LogP contribution < -0.4 is 5.73 Å². The van der Waals surface area contributed by atoms with E-state index >= 15 is 0 Å². The van der Waals surface area contributed by atoms with Crippen molar-refractivity contribution in [1.29, 1.82) is 0 Å². The molecule has 15 heavy (non-hydrogen) atoms. The molecule has 0 atom stereocenters. The summed E-state index contributed by atoms with van der Waals surface area (Å²) in [6.45, 7) is 0.620. The molecule has 0 aliphatic heterocycles. The van der Waals surface area contributed by atoms with Gasteiger partial charge >= 0.3 is 0 Å². The van der Waals surface area contributed by atoms with E-state index in [4.69, 9.17) is 5.73 Å². The summed E-state index contributed by atoms with van der Waals surface area (Å²) in [5, 5.41) is 0. The van der Waals surface area contributed by atoms with Crippen LogP contribution in [0.15, 0.2) is 42.5 Å². The van der Waals surface area contributed by atoms with Crippen molar-refractivity contribution in [2.75, 3.05) is 0 Å². The van der Waals surface area contributed by atoms with Gasteiger partial charge in [0.15, 0.2) is 0 Å². The summed E-state index contributed by atoms with van der Waals surface area (Å²) >= 11 is 0. The maximum Gasteiger partial charge on any atom is 0.0178 e. The third-order valence-corrected chi connectivity index (χ3v) is 2.76. The average Bonchev–Trinajstić information content (AvgIpc) is 2.58. The van der Waals surface area contributed by atoms with Gasteiger partial charge in [0.25, 0.3) is 0 Å². The van der Waals surface area contributed by atoms with Gasteiger partial charge in [0.2, 0.25) is 0 Å². The van der Waals surface area contributed by atoms with Crippen LogP contribution in [0.25, 0.3) is 5.57 Å². The van der Waals surface area contributed by atoms with Crippen molar-refractivity contribution in [3.05, 3.63) is 53.6 Å². The number of hydrogen-bond donors (Lipinski definition) is 1. The lowest BCUT2D eigenvalue weighted by Crippen LogP contribution is -1.95. The predicted octanol–water partition coefficient (Wildman–Crippen LogP) is 3.27. The summed E-state index contributed by atoms with van der Waals surface area (Å²) in [5.74, 6) is 0. The van der Waals surface area contributed by atoms with Gasteiger partial charge < -0.3 is 5.73 Å². The van der Waals surface area contributed by atoms with E-state index in [0.29, 0.717) is 6.54 Å². The Bertz CT molecular complexity index is 371. The lowest BCUT2D eigenvalue weighted by molar-refractivity contribution is 0.876. The first-order valence-corrected chi connectivity index (χ1v) is 5.56. The second-order valence-electron chi connectivity index (χ2n) is 3.89. The molecular formula is C14H17N. The lowest BCUT2D eigenvalue weighted by atomic mass is 10.0. The molecule has 0 saturated heterocycles. The zero-order valence-electron chi connectivity index (χ0n) is 8.95. The van der Waals surface area contributed by atoms with Crippen molar-refractivity contribution in [2.45, 2.75) is 25.8 Å². The van der Waals surface area contributed by atoms with Gasteiger partial charge in [-0.1, -0.05) is 42.5 Å². The predicted molar refractivity (Wildman–Crippen MR) is 65.3 cm³/mol. The highest BCUT2D eigenvalue weighted by Gasteiger charge is 2.00. The lowest BCUT2D eigenvalue weighted by Gasteiger charge is -2.03. The molecule has 0 bridgehead atoms. The first-order valence-electron chi connectivity index (χ1n) is 5.56. The molecule has 0 amide bonds. The minimum Gasteiger partial charge on any atom is -0.326 e. The highest BCUT2D eigenvalue weighted by atomic mass is 14.5. The Hall–Kier alpha value is -1.34. The molecular weight excluding hydrogens is 182 g/mol. The SMILES string of the molecule is NCc1ccc(C2=CCCCC=C2)cc1. The number of allylic oxidation sites excluding steroid dienone is 4. The molecule has 1 aliphatic carbocycles. The quantitative estimate of drug-likeness (QED) is 0.777. The van der Waals surface area contributed by atoms with Crippen molar-refractivity contribution >= 4 is 5.57 Å². The zero-order valence-corrected chi connectivity index (χ0v) is 8.95. The van der Waals surface area contributed by atoms with Crippen molar-refractivity contribution < 1.29 is 0 Å². The van der Waals surface area contributed by atoms with Gasteiger partial charge in [-0.05, 0) is 36.0 Å². The summed E-state index contributed by atoms with van der Waals surface area (Å²) in [4.78, 5) is 0. The summed E-state index contributed by atoms with van der Waals surface area (Å²) in [7, 11) is 0. The summed E-state index contributed by atoms with van der Waals surface area (Å²) in [6, 6.07) is 8.52. The zero-order chi connectivity index (χ0) is 10.5. The summed E-state index contributed by atoms with van der Waals surface area (Å²) < 4.78 is 0. The van der Waals surface area contributed by atoms with Crippen LogP contribution in [0.1, 0.15) is 30.4 Å². The fourth-order valence-corrected chi connectivity index (χ4v) is 1.82. The van der Waals surface area contributed by atoms with Gasteiger partial charge in [-0.25, -0.2) is 0 Å². The molecule has 2 rings (SSSR count). The van der Waals surface area contributed by atoms with E-state index in [2.05, 4.69) is 42.5 Å². The first-order chi connectivity index (χ1) is 7.40. The van der Waals surface area contributed by atoms with Crippen molar-refractivity contribution in [3.63, 3.8) is 0 Å². The maximum absolute atomic E-state index is 5.57. The second kappa shape index (κ2) is 4.94. The molecule has 1 aliphatic rings. The van der Waals surface area contributed by atoms with Crippen molar-refractivity contribution in [1.82, 2.24) is 0 Å². The molecule has 0 fully saturated rings. The van der Waals surface area contributed by atoms with Crippen LogP contribution in [0.4, 0.5) is 0 Å². The Morgan fingerprint density at radius 2 is 1.87 bits per heavy atom. The van der Waals surface area contributed by atoms with Gasteiger partial charge in [-0.2, -0.15) is 0 Å². The van der Waals surface area contributed by atoms with Crippen LogP contribution in [-0.2, 0) is 6.54 Å². The van der Waals surface area contributed by atoms with Gasteiger partial charge in [0.1, 0.15) is 0 Å². The van der Waals surface area contributed by atoms with E-state index in [0.717, 1.165) is 0 Å². The molecule has 0 radical (unpaired) electrons. The normalized spacial score (nSPS) is 15.9. The van der Waals surface area contributed by atoms with E-state index in [1.54, 1.807) is 0 Å². The number of rotatable bonds is 2. The Balaban J connectivity index is 2.24. The van der Waals surface area contributed by atoms with E-state index in [9.17, 15) is 0 Å². The van der Waals surface area contributed by atoms with E-state index < -0.39 is 0 Å². The summed E-state index contributed by atoms with van der Waals surface area (Å²) in [5.41, 5.74) is 9.41. The molecule has 0 spiro atoms.